The van der Waals surface area contributed by atoms with Crippen LogP contribution in [0.25, 0.3) is 0 Å². The van der Waals surface area contributed by atoms with E-state index in [0.717, 1.165) is 18.5 Å². The van der Waals surface area contributed by atoms with Gasteiger partial charge in [-0.15, -0.1) is 0 Å². The summed E-state index contributed by atoms with van der Waals surface area (Å²) in [7, 11) is 0. The quantitative estimate of drug-likeness (QED) is 0.815. The molecule has 1 heterocycles. The van der Waals surface area contributed by atoms with E-state index in [-0.39, 0.29) is 18.3 Å². The Morgan fingerprint density at radius 1 is 1.09 bits per heavy atom. The average molecular weight is 309 g/mol. The van der Waals surface area contributed by atoms with Gasteiger partial charge in [0, 0.05) is 12.2 Å². The Morgan fingerprint density at radius 2 is 1.83 bits per heavy atom. The molecule has 1 amide bonds. The Labute approximate surface area is 135 Å². The molecule has 0 aliphatic carbocycles. The molecule has 1 aliphatic heterocycles. The SMILES string of the molecule is CC(=O)c1ccccc1OCC(=O)N1CCCc2ccccc21. The van der Waals surface area contributed by atoms with Crippen LogP contribution in [0, 0.1) is 0 Å². The molecule has 0 N–H and O–H groups in total. The van der Waals surface area contributed by atoms with E-state index in [0.29, 0.717) is 17.9 Å². The van der Waals surface area contributed by atoms with Crippen molar-refractivity contribution < 1.29 is 14.3 Å². The molecule has 118 valence electrons. The molecule has 2 aromatic carbocycles. The van der Waals surface area contributed by atoms with Crippen molar-refractivity contribution in [1.82, 2.24) is 0 Å². The molecular weight excluding hydrogens is 290 g/mol. The van der Waals surface area contributed by atoms with Crippen molar-refractivity contribution in [2.75, 3.05) is 18.1 Å². The lowest BCUT2D eigenvalue weighted by molar-refractivity contribution is -0.120. The summed E-state index contributed by atoms with van der Waals surface area (Å²) in [5, 5.41) is 0. The van der Waals surface area contributed by atoms with Crippen LogP contribution in [0.4, 0.5) is 5.69 Å². The van der Waals surface area contributed by atoms with Gasteiger partial charge >= 0.3 is 0 Å². The molecule has 0 unspecified atom stereocenters. The van der Waals surface area contributed by atoms with Gasteiger partial charge in [0.15, 0.2) is 12.4 Å². The molecule has 3 rings (SSSR count). The van der Waals surface area contributed by atoms with E-state index in [1.807, 2.05) is 18.2 Å². The number of rotatable bonds is 4. The first-order valence-electron chi connectivity index (χ1n) is 7.78. The van der Waals surface area contributed by atoms with Crippen LogP contribution >= 0.6 is 0 Å². The average Bonchev–Trinajstić information content (AvgIpc) is 2.59. The van der Waals surface area contributed by atoms with Gasteiger partial charge in [0.05, 0.1) is 5.56 Å². The summed E-state index contributed by atoms with van der Waals surface area (Å²) in [4.78, 5) is 25.9. The molecule has 2 aromatic rings. The van der Waals surface area contributed by atoms with Gasteiger partial charge < -0.3 is 9.64 Å². The number of hydrogen-bond acceptors (Lipinski definition) is 3. The molecule has 0 radical (unpaired) electrons. The predicted octanol–water partition coefficient (Wildman–Crippen LogP) is 3.25. The Hall–Kier alpha value is -2.62. The Morgan fingerprint density at radius 3 is 2.65 bits per heavy atom. The zero-order valence-corrected chi connectivity index (χ0v) is 13.1. The van der Waals surface area contributed by atoms with Gasteiger partial charge in [-0.05, 0) is 43.5 Å². The third-order valence-electron chi connectivity index (χ3n) is 4.03. The third kappa shape index (κ3) is 3.26. The van der Waals surface area contributed by atoms with Crippen molar-refractivity contribution in [2.24, 2.45) is 0 Å². The van der Waals surface area contributed by atoms with Crippen LogP contribution in [0.15, 0.2) is 48.5 Å². The maximum absolute atomic E-state index is 12.5. The van der Waals surface area contributed by atoms with Crippen LogP contribution in [-0.2, 0) is 11.2 Å². The first-order chi connectivity index (χ1) is 11.2. The number of carbonyl (C=O) groups excluding carboxylic acids is 2. The van der Waals surface area contributed by atoms with E-state index < -0.39 is 0 Å². The number of fused-ring (bicyclic) bond motifs is 1. The molecule has 1 aliphatic rings. The number of Topliss-reactive ketones (excluding diaryl/α,β-unsaturated/α-hetero) is 1. The highest BCUT2D eigenvalue weighted by Gasteiger charge is 2.22. The van der Waals surface area contributed by atoms with E-state index in [2.05, 4.69) is 6.07 Å². The number of carbonyl (C=O) groups is 2. The summed E-state index contributed by atoms with van der Waals surface area (Å²) in [6.07, 6.45) is 1.95. The summed E-state index contributed by atoms with van der Waals surface area (Å²) in [5.41, 5.74) is 2.66. The van der Waals surface area contributed by atoms with Crippen LogP contribution < -0.4 is 9.64 Å². The predicted molar refractivity (Wildman–Crippen MR) is 89.1 cm³/mol. The van der Waals surface area contributed by atoms with Gasteiger partial charge in [-0.25, -0.2) is 0 Å². The minimum atomic E-state index is -0.0875. The van der Waals surface area contributed by atoms with Gasteiger partial charge in [-0.3, -0.25) is 9.59 Å². The van der Waals surface area contributed by atoms with Gasteiger partial charge in [0.1, 0.15) is 5.75 Å². The van der Waals surface area contributed by atoms with Crippen molar-refractivity contribution >= 4 is 17.4 Å². The second-order valence-corrected chi connectivity index (χ2v) is 5.62. The molecule has 0 bridgehead atoms. The fourth-order valence-electron chi connectivity index (χ4n) is 2.89. The smallest absolute Gasteiger partial charge is 0.264 e. The molecule has 0 saturated heterocycles. The maximum atomic E-state index is 12.5. The zero-order valence-electron chi connectivity index (χ0n) is 13.1. The number of ketones is 1. The first kappa shape index (κ1) is 15.3. The van der Waals surface area contributed by atoms with E-state index in [1.165, 1.54) is 12.5 Å². The van der Waals surface area contributed by atoms with Crippen LogP contribution in [0.2, 0.25) is 0 Å². The van der Waals surface area contributed by atoms with Gasteiger partial charge in [0.25, 0.3) is 5.91 Å². The van der Waals surface area contributed by atoms with Gasteiger partial charge in [-0.2, -0.15) is 0 Å². The maximum Gasteiger partial charge on any atom is 0.264 e. The normalized spacial score (nSPS) is 13.3. The monoisotopic (exact) mass is 309 g/mol. The number of para-hydroxylation sites is 2. The van der Waals surface area contributed by atoms with Crippen molar-refractivity contribution in [3.8, 4) is 5.75 Å². The molecule has 0 fully saturated rings. The fraction of sp³-hybridized carbons (Fsp3) is 0.263. The topological polar surface area (TPSA) is 46.6 Å². The molecule has 0 aromatic heterocycles. The van der Waals surface area contributed by atoms with Crippen molar-refractivity contribution in [3.05, 3.63) is 59.7 Å². The number of hydrogen-bond donors (Lipinski definition) is 0. The van der Waals surface area contributed by atoms with Gasteiger partial charge in [-0.1, -0.05) is 30.3 Å². The lowest BCUT2D eigenvalue weighted by Gasteiger charge is -2.29. The molecular formula is C19H19NO3. The van der Waals surface area contributed by atoms with E-state index in [9.17, 15) is 9.59 Å². The number of ether oxygens (including phenoxy) is 1. The van der Waals surface area contributed by atoms with Crippen LogP contribution in [-0.4, -0.2) is 24.8 Å². The lowest BCUT2D eigenvalue weighted by Crippen LogP contribution is -2.38. The first-order valence-corrected chi connectivity index (χ1v) is 7.78. The standard InChI is InChI=1S/C19H19NO3/c1-14(21)16-9-3-5-11-18(16)23-13-19(22)20-12-6-8-15-7-2-4-10-17(15)20/h2-5,7,9-11H,6,8,12-13H2,1H3. The Balaban J connectivity index is 1.73. The number of anilines is 1. The highest BCUT2D eigenvalue weighted by atomic mass is 16.5. The molecule has 23 heavy (non-hydrogen) atoms. The molecule has 0 saturated carbocycles. The number of nitrogens with zero attached hydrogens (tertiary/aromatic N) is 1. The summed E-state index contributed by atoms with van der Waals surface area (Å²) >= 11 is 0. The summed E-state index contributed by atoms with van der Waals surface area (Å²) in [5.74, 6) is 0.297. The highest BCUT2D eigenvalue weighted by molar-refractivity contribution is 5.98. The van der Waals surface area contributed by atoms with Crippen molar-refractivity contribution in [3.63, 3.8) is 0 Å². The van der Waals surface area contributed by atoms with E-state index >= 15 is 0 Å². The van der Waals surface area contributed by atoms with Crippen LogP contribution in [0.5, 0.6) is 5.75 Å². The van der Waals surface area contributed by atoms with Crippen molar-refractivity contribution in [1.29, 1.82) is 0 Å². The number of amides is 1. The van der Waals surface area contributed by atoms with Gasteiger partial charge in [0.2, 0.25) is 0 Å². The second kappa shape index (κ2) is 6.65. The van der Waals surface area contributed by atoms with E-state index in [1.54, 1.807) is 29.2 Å². The highest BCUT2D eigenvalue weighted by Crippen LogP contribution is 2.27. The third-order valence-corrected chi connectivity index (χ3v) is 4.03. The molecule has 4 nitrogen and oxygen atoms in total. The zero-order chi connectivity index (χ0) is 16.2. The fourth-order valence-corrected chi connectivity index (χ4v) is 2.89. The van der Waals surface area contributed by atoms with E-state index in [4.69, 9.17) is 4.74 Å². The molecule has 0 atom stereocenters. The minimum Gasteiger partial charge on any atom is -0.483 e. The van der Waals surface area contributed by atoms with Crippen LogP contribution in [0.1, 0.15) is 29.3 Å². The summed E-state index contributed by atoms with van der Waals surface area (Å²) < 4.78 is 5.62. The van der Waals surface area contributed by atoms with Crippen LogP contribution in [0.3, 0.4) is 0 Å². The summed E-state index contributed by atoms with van der Waals surface area (Å²) in [6.45, 7) is 2.12. The summed E-state index contributed by atoms with van der Waals surface area (Å²) in [6, 6.07) is 15.0. The molecule has 0 spiro atoms. The minimum absolute atomic E-state index is 0.0708. The molecule has 4 heteroatoms. The van der Waals surface area contributed by atoms with Crippen molar-refractivity contribution in [2.45, 2.75) is 19.8 Å². The Bertz CT molecular complexity index is 739. The Kier molecular flexibility index (Phi) is 4.42. The number of aryl methyl sites for hydroxylation is 1. The largest absolute Gasteiger partial charge is 0.483 e. The second-order valence-electron chi connectivity index (χ2n) is 5.62. The lowest BCUT2D eigenvalue weighted by atomic mass is 10.0. The number of benzene rings is 2.